The molecule has 0 aliphatic heterocycles. The van der Waals surface area contributed by atoms with Gasteiger partial charge in [-0.15, -0.1) is 0 Å². The highest BCUT2D eigenvalue weighted by molar-refractivity contribution is 5.60. The fraction of sp³-hybridized carbons (Fsp3) is 0. The summed E-state index contributed by atoms with van der Waals surface area (Å²) in [4.78, 5) is 11.9. The van der Waals surface area contributed by atoms with Crippen molar-refractivity contribution in [2.24, 2.45) is 0 Å². The van der Waals surface area contributed by atoms with Gasteiger partial charge >= 0.3 is 5.69 Å². The Morgan fingerprint density at radius 1 is 1.00 bits per heavy atom. The van der Waals surface area contributed by atoms with Crippen LogP contribution in [0.25, 0.3) is 17.1 Å². The van der Waals surface area contributed by atoms with Gasteiger partial charge in [0.25, 0.3) is 0 Å². The van der Waals surface area contributed by atoms with Crippen molar-refractivity contribution in [3.05, 3.63) is 65.1 Å². The highest BCUT2D eigenvalue weighted by Crippen LogP contribution is 2.19. The van der Waals surface area contributed by atoms with Crippen LogP contribution in [-0.2, 0) is 0 Å². The molecule has 1 aromatic heterocycles. The number of aromatic nitrogens is 3. The molecular formula is C14H12N4O. The number of nitrogens with zero attached hydrogens (tertiary/aromatic N) is 2. The third-order valence-corrected chi connectivity index (χ3v) is 2.86. The van der Waals surface area contributed by atoms with Crippen LogP contribution in [0.4, 0.5) is 5.69 Å². The van der Waals surface area contributed by atoms with Crippen LogP contribution >= 0.6 is 0 Å². The number of aromatic amines is 1. The number of H-pyrrole nitrogens is 1. The summed E-state index contributed by atoms with van der Waals surface area (Å²) in [6.45, 7) is 0. The van der Waals surface area contributed by atoms with Crippen LogP contribution in [0.15, 0.2) is 59.4 Å². The maximum absolute atomic E-state index is 11.9. The van der Waals surface area contributed by atoms with E-state index in [0.29, 0.717) is 11.5 Å². The Morgan fingerprint density at radius 3 is 2.37 bits per heavy atom. The molecule has 0 amide bonds. The zero-order chi connectivity index (χ0) is 13.2. The Balaban J connectivity index is 2.19. The highest BCUT2D eigenvalue weighted by Gasteiger charge is 2.11. The van der Waals surface area contributed by atoms with Crippen molar-refractivity contribution in [2.75, 3.05) is 5.73 Å². The minimum Gasteiger partial charge on any atom is -0.399 e. The molecule has 94 valence electrons. The van der Waals surface area contributed by atoms with E-state index in [1.807, 2.05) is 42.5 Å². The average molecular weight is 252 g/mol. The molecule has 2 aromatic carbocycles. The van der Waals surface area contributed by atoms with Crippen LogP contribution in [-0.4, -0.2) is 14.8 Å². The maximum atomic E-state index is 11.9. The zero-order valence-corrected chi connectivity index (χ0v) is 10.1. The Labute approximate surface area is 109 Å². The van der Waals surface area contributed by atoms with Crippen molar-refractivity contribution in [3.8, 4) is 17.1 Å². The summed E-state index contributed by atoms with van der Waals surface area (Å²) >= 11 is 0. The SMILES string of the molecule is Nc1ccc(-c2n[nH]c(=O)n2-c2ccccc2)cc1. The van der Waals surface area contributed by atoms with Gasteiger partial charge in [-0.3, -0.25) is 0 Å². The predicted molar refractivity (Wildman–Crippen MR) is 74.0 cm³/mol. The zero-order valence-electron chi connectivity index (χ0n) is 10.1. The van der Waals surface area contributed by atoms with Gasteiger partial charge < -0.3 is 5.73 Å². The number of nitrogens with one attached hydrogen (secondary N) is 1. The first-order valence-electron chi connectivity index (χ1n) is 5.84. The summed E-state index contributed by atoms with van der Waals surface area (Å²) in [6, 6.07) is 16.6. The fourth-order valence-electron chi connectivity index (χ4n) is 1.94. The molecule has 0 fully saturated rings. The van der Waals surface area contributed by atoms with E-state index in [-0.39, 0.29) is 5.69 Å². The number of hydrogen-bond donors (Lipinski definition) is 2. The van der Waals surface area contributed by atoms with E-state index >= 15 is 0 Å². The quantitative estimate of drug-likeness (QED) is 0.683. The van der Waals surface area contributed by atoms with Crippen LogP contribution in [0.3, 0.4) is 0 Å². The standard InChI is InChI=1S/C14H12N4O/c15-11-8-6-10(7-9-11)13-16-17-14(19)18(13)12-4-2-1-3-5-12/h1-9H,15H2,(H,17,19). The summed E-state index contributed by atoms with van der Waals surface area (Å²) in [7, 11) is 0. The van der Waals surface area contributed by atoms with Gasteiger partial charge in [-0.2, -0.15) is 5.10 Å². The molecule has 3 aromatic rings. The first-order valence-corrected chi connectivity index (χ1v) is 5.84. The van der Waals surface area contributed by atoms with Crippen LogP contribution in [0.1, 0.15) is 0 Å². The lowest BCUT2D eigenvalue weighted by Crippen LogP contribution is -2.15. The van der Waals surface area contributed by atoms with E-state index < -0.39 is 0 Å². The lowest BCUT2D eigenvalue weighted by molar-refractivity contribution is 0.985. The van der Waals surface area contributed by atoms with Crippen molar-refractivity contribution >= 4 is 5.69 Å². The van der Waals surface area contributed by atoms with Crippen LogP contribution in [0, 0.1) is 0 Å². The minimum atomic E-state index is -0.266. The average Bonchev–Trinajstić information content (AvgIpc) is 2.82. The van der Waals surface area contributed by atoms with E-state index in [1.165, 1.54) is 4.57 Å². The van der Waals surface area contributed by atoms with Gasteiger partial charge in [0.05, 0.1) is 5.69 Å². The summed E-state index contributed by atoms with van der Waals surface area (Å²) in [6.07, 6.45) is 0. The van der Waals surface area contributed by atoms with Crippen LogP contribution < -0.4 is 11.4 Å². The van der Waals surface area contributed by atoms with Crippen molar-refractivity contribution in [2.45, 2.75) is 0 Å². The van der Waals surface area contributed by atoms with Crippen molar-refractivity contribution in [1.29, 1.82) is 0 Å². The monoisotopic (exact) mass is 252 g/mol. The van der Waals surface area contributed by atoms with Gasteiger partial charge in [0.15, 0.2) is 5.82 Å². The number of para-hydroxylation sites is 1. The van der Waals surface area contributed by atoms with Crippen LogP contribution in [0.5, 0.6) is 0 Å². The van der Waals surface area contributed by atoms with E-state index in [9.17, 15) is 4.79 Å². The predicted octanol–water partition coefficient (Wildman–Crippen LogP) is 1.81. The normalized spacial score (nSPS) is 10.5. The number of nitrogens with two attached hydrogens (primary N) is 1. The molecule has 3 rings (SSSR count). The van der Waals surface area contributed by atoms with E-state index in [1.54, 1.807) is 12.1 Å². The van der Waals surface area contributed by atoms with Gasteiger partial charge in [0, 0.05) is 11.3 Å². The summed E-state index contributed by atoms with van der Waals surface area (Å²) in [5.74, 6) is 0.566. The summed E-state index contributed by atoms with van der Waals surface area (Å²) in [5.41, 5.74) is 7.67. The fourth-order valence-corrected chi connectivity index (χ4v) is 1.94. The molecule has 0 saturated heterocycles. The summed E-state index contributed by atoms with van der Waals surface area (Å²) in [5, 5.41) is 6.55. The van der Waals surface area contributed by atoms with Gasteiger partial charge in [0.2, 0.25) is 0 Å². The van der Waals surface area contributed by atoms with Gasteiger partial charge in [-0.1, -0.05) is 18.2 Å². The third-order valence-electron chi connectivity index (χ3n) is 2.86. The first-order chi connectivity index (χ1) is 9.25. The molecule has 0 unspecified atom stereocenters. The molecule has 1 heterocycles. The molecule has 0 radical (unpaired) electrons. The minimum absolute atomic E-state index is 0.266. The Kier molecular flexibility index (Phi) is 2.64. The maximum Gasteiger partial charge on any atom is 0.348 e. The molecule has 0 bridgehead atoms. The molecule has 0 spiro atoms. The van der Waals surface area contributed by atoms with Crippen LogP contribution in [0.2, 0.25) is 0 Å². The molecule has 19 heavy (non-hydrogen) atoms. The first kappa shape index (κ1) is 11.3. The van der Waals surface area contributed by atoms with Crippen molar-refractivity contribution < 1.29 is 0 Å². The second kappa shape index (κ2) is 4.45. The van der Waals surface area contributed by atoms with Crippen molar-refractivity contribution in [1.82, 2.24) is 14.8 Å². The smallest absolute Gasteiger partial charge is 0.348 e. The molecule has 0 saturated carbocycles. The third kappa shape index (κ3) is 2.01. The van der Waals surface area contributed by atoms with Crippen molar-refractivity contribution in [3.63, 3.8) is 0 Å². The van der Waals surface area contributed by atoms with E-state index in [0.717, 1.165) is 11.3 Å². The van der Waals surface area contributed by atoms with E-state index in [2.05, 4.69) is 10.2 Å². The lowest BCUT2D eigenvalue weighted by Gasteiger charge is -2.05. The topological polar surface area (TPSA) is 76.7 Å². The lowest BCUT2D eigenvalue weighted by atomic mass is 10.2. The molecular weight excluding hydrogens is 240 g/mol. The number of benzene rings is 2. The summed E-state index contributed by atoms with van der Waals surface area (Å²) < 4.78 is 1.53. The van der Waals surface area contributed by atoms with Gasteiger partial charge in [-0.05, 0) is 36.4 Å². The molecule has 0 atom stereocenters. The second-order valence-corrected chi connectivity index (χ2v) is 4.15. The van der Waals surface area contributed by atoms with Gasteiger partial charge in [0.1, 0.15) is 0 Å². The molecule has 3 N–H and O–H groups in total. The van der Waals surface area contributed by atoms with E-state index in [4.69, 9.17) is 5.73 Å². The Hall–Kier alpha value is -2.82. The largest absolute Gasteiger partial charge is 0.399 e. The number of nitrogen functional groups attached to an aromatic ring is 1. The Bertz CT molecular complexity index is 741. The highest BCUT2D eigenvalue weighted by atomic mass is 16.1. The second-order valence-electron chi connectivity index (χ2n) is 4.15. The molecule has 0 aliphatic rings. The molecule has 0 aliphatic carbocycles. The molecule has 5 heteroatoms. The number of anilines is 1. The molecule has 5 nitrogen and oxygen atoms in total. The Morgan fingerprint density at radius 2 is 1.68 bits per heavy atom. The van der Waals surface area contributed by atoms with Gasteiger partial charge in [-0.25, -0.2) is 14.5 Å². The number of rotatable bonds is 2. The number of hydrogen-bond acceptors (Lipinski definition) is 3.